The maximum absolute atomic E-state index is 11.3. The molecule has 1 saturated heterocycles. The molecule has 1 fully saturated rings. The molecule has 1 rings (SSSR count). The first-order valence-corrected chi connectivity index (χ1v) is 6.06. The molecule has 0 aromatic rings. The minimum Gasteiger partial charge on any atom is -0.465 e. The van der Waals surface area contributed by atoms with Gasteiger partial charge in [0.2, 0.25) is 5.91 Å². The lowest BCUT2D eigenvalue weighted by Crippen LogP contribution is -2.47. The van der Waals surface area contributed by atoms with E-state index >= 15 is 0 Å². The van der Waals surface area contributed by atoms with E-state index in [4.69, 9.17) is 9.84 Å². The number of carbonyl (C=O) groups is 3. The Morgan fingerprint density at radius 1 is 1.37 bits per heavy atom. The van der Waals surface area contributed by atoms with E-state index in [-0.39, 0.29) is 24.7 Å². The normalized spacial score (nSPS) is 22.7. The van der Waals surface area contributed by atoms with Gasteiger partial charge >= 0.3 is 6.09 Å². The lowest BCUT2D eigenvalue weighted by atomic mass is 10.0. The Hall–Kier alpha value is -1.83. The zero-order valence-corrected chi connectivity index (χ0v) is 11.0. The van der Waals surface area contributed by atoms with Crippen LogP contribution in [0.15, 0.2) is 0 Å². The van der Waals surface area contributed by atoms with Gasteiger partial charge in [-0.3, -0.25) is 20.4 Å². The van der Waals surface area contributed by atoms with Crippen molar-refractivity contribution in [3.63, 3.8) is 0 Å². The molecule has 0 aromatic heterocycles. The average molecular weight is 273 g/mol. The molecule has 1 heterocycles. The predicted molar refractivity (Wildman–Crippen MR) is 65.1 cm³/mol. The summed E-state index contributed by atoms with van der Waals surface area (Å²) >= 11 is 0. The third kappa shape index (κ3) is 5.12. The summed E-state index contributed by atoms with van der Waals surface area (Å²) in [6, 6.07) is -0.130. The van der Waals surface area contributed by atoms with E-state index in [2.05, 4.69) is 10.9 Å². The van der Waals surface area contributed by atoms with Crippen LogP contribution in [0.5, 0.6) is 0 Å². The molecule has 8 heteroatoms. The van der Waals surface area contributed by atoms with Gasteiger partial charge in [-0.1, -0.05) is 0 Å². The zero-order chi connectivity index (χ0) is 14.4. The number of rotatable bonds is 3. The number of nitrogens with zero attached hydrogens (tertiary/aromatic N) is 1. The minimum absolute atomic E-state index is 0.130. The van der Waals surface area contributed by atoms with Gasteiger partial charge in [0.15, 0.2) is 0 Å². The molecule has 19 heavy (non-hydrogen) atoms. The van der Waals surface area contributed by atoms with Crippen molar-refractivity contribution in [2.75, 3.05) is 13.2 Å². The first-order valence-electron chi connectivity index (χ1n) is 6.06. The molecule has 108 valence electrons. The summed E-state index contributed by atoms with van der Waals surface area (Å²) in [6.07, 6.45) is 0.0343. The highest BCUT2D eigenvalue weighted by Crippen LogP contribution is 2.19. The van der Waals surface area contributed by atoms with Crippen molar-refractivity contribution in [2.24, 2.45) is 0 Å². The number of piperidine rings is 1. The Labute approximate surface area is 111 Å². The van der Waals surface area contributed by atoms with Crippen LogP contribution in [0, 0.1) is 0 Å². The molecule has 3 amide bonds. The van der Waals surface area contributed by atoms with Gasteiger partial charge in [0.25, 0.3) is 5.91 Å². The third-order valence-electron chi connectivity index (χ3n) is 2.90. The number of hydrogen-bond acceptors (Lipinski definition) is 4. The second-order valence-electron chi connectivity index (χ2n) is 4.51. The molecular weight excluding hydrogens is 254 g/mol. The van der Waals surface area contributed by atoms with E-state index in [0.29, 0.717) is 19.4 Å². The minimum atomic E-state index is -0.936. The van der Waals surface area contributed by atoms with Crippen molar-refractivity contribution in [2.45, 2.75) is 38.8 Å². The maximum Gasteiger partial charge on any atom is 0.407 e. The third-order valence-corrected chi connectivity index (χ3v) is 2.90. The molecule has 1 aliphatic rings. The second-order valence-corrected chi connectivity index (χ2v) is 4.51. The molecule has 2 atom stereocenters. The van der Waals surface area contributed by atoms with Crippen LogP contribution < -0.4 is 10.9 Å². The van der Waals surface area contributed by atoms with Crippen LogP contribution in [0.25, 0.3) is 0 Å². The lowest BCUT2D eigenvalue weighted by Gasteiger charge is -2.35. The summed E-state index contributed by atoms with van der Waals surface area (Å²) < 4.78 is 5.39. The van der Waals surface area contributed by atoms with E-state index in [9.17, 15) is 14.4 Å². The van der Waals surface area contributed by atoms with Gasteiger partial charge in [-0.15, -0.1) is 0 Å². The van der Waals surface area contributed by atoms with Gasteiger partial charge in [0.1, 0.15) is 6.61 Å². The number of nitrogens with one attached hydrogen (secondary N) is 2. The standard InChI is InChI=1S/C11H19N3O5/c1-7-5-9(3-4-14(7)11(17)18)19-6-10(16)13-12-8(2)15/h7,9H,3-6H2,1-2H3,(H,12,15)(H,13,16)(H,17,18)/t7-,9-/m0/s1. The Balaban J connectivity index is 2.26. The first kappa shape index (κ1) is 15.2. The van der Waals surface area contributed by atoms with Crippen LogP contribution in [0.4, 0.5) is 4.79 Å². The molecule has 0 bridgehead atoms. The van der Waals surface area contributed by atoms with Crippen LogP contribution in [0.1, 0.15) is 26.7 Å². The molecule has 0 saturated carbocycles. The van der Waals surface area contributed by atoms with Gasteiger partial charge in [-0.2, -0.15) is 0 Å². The summed E-state index contributed by atoms with van der Waals surface area (Å²) in [5.74, 6) is -0.805. The van der Waals surface area contributed by atoms with Crippen LogP contribution >= 0.6 is 0 Å². The topological polar surface area (TPSA) is 108 Å². The summed E-state index contributed by atoms with van der Waals surface area (Å²) in [7, 11) is 0. The number of hydrazine groups is 1. The molecule has 0 unspecified atom stereocenters. The molecule has 0 aromatic carbocycles. The summed E-state index contributed by atoms with van der Waals surface area (Å²) in [4.78, 5) is 34.1. The SMILES string of the molecule is CC(=O)NNC(=O)CO[C@H]1CCN(C(=O)O)[C@@H](C)C1. The van der Waals surface area contributed by atoms with Crippen LogP contribution in [-0.2, 0) is 14.3 Å². The Morgan fingerprint density at radius 3 is 2.58 bits per heavy atom. The molecule has 3 N–H and O–H groups in total. The van der Waals surface area contributed by atoms with Crippen molar-refractivity contribution in [3.05, 3.63) is 0 Å². The van der Waals surface area contributed by atoms with Crippen molar-refractivity contribution >= 4 is 17.9 Å². The maximum atomic E-state index is 11.3. The molecule has 8 nitrogen and oxygen atoms in total. The highest BCUT2D eigenvalue weighted by molar-refractivity contribution is 5.81. The summed E-state index contributed by atoms with van der Waals surface area (Å²) in [6.45, 7) is 3.32. The highest BCUT2D eigenvalue weighted by Gasteiger charge is 2.29. The number of ether oxygens (including phenoxy) is 1. The molecule has 0 radical (unpaired) electrons. The number of carbonyl (C=O) groups excluding carboxylic acids is 2. The number of carboxylic acid groups (broad SMARTS) is 1. The van der Waals surface area contributed by atoms with Crippen molar-refractivity contribution < 1.29 is 24.2 Å². The van der Waals surface area contributed by atoms with E-state index in [1.165, 1.54) is 11.8 Å². The van der Waals surface area contributed by atoms with E-state index in [0.717, 1.165) is 0 Å². The lowest BCUT2D eigenvalue weighted by molar-refractivity contribution is -0.133. The smallest absolute Gasteiger partial charge is 0.407 e. The van der Waals surface area contributed by atoms with Gasteiger partial charge in [0.05, 0.1) is 6.10 Å². The van der Waals surface area contributed by atoms with Crippen LogP contribution in [0.3, 0.4) is 0 Å². The van der Waals surface area contributed by atoms with E-state index < -0.39 is 12.0 Å². The highest BCUT2D eigenvalue weighted by atomic mass is 16.5. The average Bonchev–Trinajstić information content (AvgIpc) is 2.33. The largest absolute Gasteiger partial charge is 0.465 e. The van der Waals surface area contributed by atoms with Crippen LogP contribution in [-0.4, -0.2) is 53.2 Å². The first-order chi connectivity index (χ1) is 8.90. The molecular formula is C11H19N3O5. The van der Waals surface area contributed by atoms with Crippen LogP contribution in [0.2, 0.25) is 0 Å². The van der Waals surface area contributed by atoms with Crippen molar-refractivity contribution in [1.82, 2.24) is 15.8 Å². The Bertz CT molecular complexity index is 360. The van der Waals surface area contributed by atoms with Crippen molar-refractivity contribution in [3.8, 4) is 0 Å². The monoisotopic (exact) mass is 273 g/mol. The van der Waals surface area contributed by atoms with Gasteiger partial charge < -0.3 is 14.7 Å². The van der Waals surface area contributed by atoms with Gasteiger partial charge in [-0.25, -0.2) is 4.79 Å². The second kappa shape index (κ2) is 6.93. The molecule has 0 spiro atoms. The molecule has 1 aliphatic heterocycles. The Kier molecular flexibility index (Phi) is 5.56. The van der Waals surface area contributed by atoms with Gasteiger partial charge in [-0.05, 0) is 19.8 Å². The van der Waals surface area contributed by atoms with Crippen molar-refractivity contribution in [1.29, 1.82) is 0 Å². The summed E-state index contributed by atoms with van der Waals surface area (Å²) in [5.41, 5.74) is 4.35. The number of likely N-dealkylation sites (tertiary alicyclic amines) is 1. The Morgan fingerprint density at radius 2 is 2.05 bits per heavy atom. The van der Waals surface area contributed by atoms with E-state index in [1.807, 2.05) is 0 Å². The fourth-order valence-corrected chi connectivity index (χ4v) is 1.95. The number of amides is 3. The van der Waals surface area contributed by atoms with E-state index in [1.54, 1.807) is 6.92 Å². The zero-order valence-electron chi connectivity index (χ0n) is 11.0. The number of hydrogen-bond donors (Lipinski definition) is 3. The van der Waals surface area contributed by atoms with Gasteiger partial charge in [0, 0.05) is 19.5 Å². The quantitative estimate of drug-likeness (QED) is 0.612. The fourth-order valence-electron chi connectivity index (χ4n) is 1.95. The predicted octanol–water partition coefficient (Wildman–Crippen LogP) is -0.299. The fraction of sp³-hybridized carbons (Fsp3) is 0.727. The molecule has 0 aliphatic carbocycles. The summed E-state index contributed by atoms with van der Waals surface area (Å²) in [5, 5.41) is 8.92.